The Morgan fingerprint density at radius 2 is 2.39 bits per heavy atom. The summed E-state index contributed by atoms with van der Waals surface area (Å²) >= 11 is 0. The van der Waals surface area contributed by atoms with Crippen molar-refractivity contribution < 1.29 is 14.0 Å². The van der Waals surface area contributed by atoms with Gasteiger partial charge in [-0.2, -0.15) is 0 Å². The van der Waals surface area contributed by atoms with Crippen LogP contribution in [-0.2, 0) is 4.84 Å². The predicted octanol–water partition coefficient (Wildman–Crippen LogP) is 2.92. The maximum atomic E-state index is 13.3. The minimum atomic E-state index is -0.307. The summed E-state index contributed by atoms with van der Waals surface area (Å²) < 4.78 is 13.3. The molecule has 0 saturated carbocycles. The number of rotatable bonds is 6. The van der Waals surface area contributed by atoms with E-state index in [1.54, 1.807) is 23.1 Å². The zero-order valence-corrected chi connectivity index (χ0v) is 13.5. The number of nitrogens with one attached hydrogen (secondary N) is 1. The lowest BCUT2D eigenvalue weighted by Crippen LogP contribution is -2.46. The first-order valence-electron chi connectivity index (χ1n) is 7.64. The number of hydrogen-bond donors (Lipinski definition) is 1. The summed E-state index contributed by atoms with van der Waals surface area (Å²) in [5.41, 5.74) is 1.40. The second-order valence-corrected chi connectivity index (χ2v) is 5.78. The maximum absolute atomic E-state index is 13.3. The summed E-state index contributed by atoms with van der Waals surface area (Å²) in [5, 5.41) is 6.88. The first-order chi connectivity index (χ1) is 11.0. The Bertz CT molecular complexity index is 601. The van der Waals surface area contributed by atoms with E-state index in [0.29, 0.717) is 30.8 Å². The van der Waals surface area contributed by atoms with Gasteiger partial charge in [0.15, 0.2) is 6.10 Å². The summed E-state index contributed by atoms with van der Waals surface area (Å²) in [7, 11) is 0. The van der Waals surface area contributed by atoms with Crippen LogP contribution < -0.4 is 5.32 Å². The van der Waals surface area contributed by atoms with Gasteiger partial charge in [0.25, 0.3) is 0 Å². The van der Waals surface area contributed by atoms with Gasteiger partial charge in [-0.25, -0.2) is 9.18 Å². The highest BCUT2D eigenvalue weighted by molar-refractivity contribution is 6.01. The van der Waals surface area contributed by atoms with Crippen LogP contribution >= 0.6 is 0 Å². The van der Waals surface area contributed by atoms with Crippen molar-refractivity contribution in [2.24, 2.45) is 5.16 Å². The molecule has 1 aromatic rings. The largest absolute Gasteiger partial charge is 0.390 e. The minimum Gasteiger partial charge on any atom is -0.390 e. The number of oxime groups is 1. The second kappa shape index (κ2) is 7.76. The van der Waals surface area contributed by atoms with E-state index in [1.807, 2.05) is 13.8 Å². The Morgan fingerprint density at radius 3 is 3.04 bits per heavy atom. The van der Waals surface area contributed by atoms with E-state index in [4.69, 9.17) is 4.84 Å². The summed E-state index contributed by atoms with van der Waals surface area (Å²) in [6.07, 6.45) is 1.96. The van der Waals surface area contributed by atoms with Gasteiger partial charge in [0.2, 0.25) is 0 Å². The molecule has 2 amide bonds. The highest BCUT2D eigenvalue weighted by Gasteiger charge is 2.26. The molecule has 0 aliphatic carbocycles. The summed E-state index contributed by atoms with van der Waals surface area (Å²) in [5.74, 6) is -0.307. The fourth-order valence-electron chi connectivity index (χ4n) is 2.35. The fraction of sp³-hybridized carbons (Fsp3) is 0.412. The molecule has 0 saturated heterocycles. The number of carbonyl (C=O) groups is 1. The van der Waals surface area contributed by atoms with Crippen LogP contribution in [0.3, 0.4) is 0 Å². The van der Waals surface area contributed by atoms with Crippen LogP contribution in [0, 0.1) is 5.82 Å². The quantitative estimate of drug-likeness (QED) is 0.820. The molecule has 6 heteroatoms. The van der Waals surface area contributed by atoms with Crippen molar-refractivity contribution >= 4 is 11.7 Å². The van der Waals surface area contributed by atoms with E-state index in [2.05, 4.69) is 17.1 Å². The molecule has 0 aromatic heterocycles. The lowest BCUT2D eigenvalue weighted by atomic mass is 10.0. The summed E-state index contributed by atoms with van der Waals surface area (Å²) in [6.45, 7) is 8.30. The van der Waals surface area contributed by atoms with E-state index in [0.717, 1.165) is 0 Å². The molecule has 2 rings (SSSR count). The molecule has 1 aliphatic rings. The van der Waals surface area contributed by atoms with Crippen LogP contribution in [-0.4, -0.2) is 41.9 Å². The van der Waals surface area contributed by atoms with Crippen LogP contribution in [0.25, 0.3) is 0 Å². The van der Waals surface area contributed by atoms with Gasteiger partial charge < -0.3 is 15.1 Å². The number of benzene rings is 1. The van der Waals surface area contributed by atoms with Gasteiger partial charge in [0, 0.05) is 24.6 Å². The monoisotopic (exact) mass is 319 g/mol. The number of urea groups is 1. The van der Waals surface area contributed by atoms with Gasteiger partial charge in [-0.1, -0.05) is 23.4 Å². The molecule has 1 atom stereocenters. The number of carbonyl (C=O) groups excluding carboxylic acids is 1. The number of hydrogen-bond acceptors (Lipinski definition) is 3. The van der Waals surface area contributed by atoms with Crippen molar-refractivity contribution in [1.82, 2.24) is 10.2 Å². The van der Waals surface area contributed by atoms with E-state index in [9.17, 15) is 9.18 Å². The molecule has 0 spiro atoms. The van der Waals surface area contributed by atoms with Crippen molar-refractivity contribution in [2.45, 2.75) is 32.4 Å². The number of amides is 2. The first-order valence-corrected chi connectivity index (χ1v) is 7.64. The molecule has 1 N–H and O–H groups in total. The van der Waals surface area contributed by atoms with Crippen molar-refractivity contribution in [1.29, 1.82) is 0 Å². The van der Waals surface area contributed by atoms with Gasteiger partial charge in [0.05, 0.1) is 12.3 Å². The average molecular weight is 319 g/mol. The maximum Gasteiger partial charge on any atom is 0.318 e. The Balaban J connectivity index is 1.96. The molecule has 0 fully saturated rings. The summed E-state index contributed by atoms with van der Waals surface area (Å²) in [4.78, 5) is 19.2. The van der Waals surface area contributed by atoms with E-state index < -0.39 is 0 Å². The van der Waals surface area contributed by atoms with Crippen LogP contribution in [0.5, 0.6) is 0 Å². The zero-order valence-electron chi connectivity index (χ0n) is 13.5. The molecule has 0 radical (unpaired) electrons. The van der Waals surface area contributed by atoms with Crippen LogP contribution in [0.2, 0.25) is 0 Å². The molecule has 5 nitrogen and oxygen atoms in total. The summed E-state index contributed by atoms with van der Waals surface area (Å²) in [6, 6.07) is 6.14. The Labute approximate surface area is 135 Å². The van der Waals surface area contributed by atoms with E-state index in [1.165, 1.54) is 12.1 Å². The third-order valence-corrected chi connectivity index (χ3v) is 3.36. The molecule has 1 heterocycles. The minimum absolute atomic E-state index is 0.0541. The highest BCUT2D eigenvalue weighted by atomic mass is 19.1. The van der Waals surface area contributed by atoms with E-state index >= 15 is 0 Å². The van der Waals surface area contributed by atoms with Gasteiger partial charge in [-0.15, -0.1) is 6.58 Å². The zero-order chi connectivity index (χ0) is 16.8. The fourth-order valence-corrected chi connectivity index (χ4v) is 2.35. The molecule has 124 valence electrons. The lowest BCUT2D eigenvalue weighted by molar-refractivity contribution is 0.0626. The van der Waals surface area contributed by atoms with Crippen molar-refractivity contribution in [3.05, 3.63) is 48.3 Å². The molecular formula is C17H22FN3O2. The third kappa shape index (κ3) is 4.81. The van der Waals surface area contributed by atoms with Crippen molar-refractivity contribution in [3.63, 3.8) is 0 Å². The van der Waals surface area contributed by atoms with E-state index in [-0.39, 0.29) is 24.0 Å². The highest BCUT2D eigenvalue weighted by Crippen LogP contribution is 2.18. The van der Waals surface area contributed by atoms with Crippen LogP contribution in [0.4, 0.5) is 9.18 Å². The number of nitrogens with zero attached hydrogens (tertiary/aromatic N) is 2. The topological polar surface area (TPSA) is 53.9 Å². The Hall–Kier alpha value is -2.37. The van der Waals surface area contributed by atoms with Gasteiger partial charge in [0.1, 0.15) is 5.82 Å². The molecule has 0 unspecified atom stereocenters. The van der Waals surface area contributed by atoms with Gasteiger partial charge in [-0.3, -0.25) is 0 Å². The molecule has 1 aliphatic heterocycles. The predicted molar refractivity (Wildman–Crippen MR) is 87.9 cm³/mol. The molecular weight excluding hydrogens is 297 g/mol. The average Bonchev–Trinajstić information content (AvgIpc) is 2.95. The molecule has 0 bridgehead atoms. The van der Waals surface area contributed by atoms with Gasteiger partial charge >= 0.3 is 6.03 Å². The van der Waals surface area contributed by atoms with Gasteiger partial charge in [-0.05, 0) is 26.0 Å². The molecule has 1 aromatic carbocycles. The SMILES string of the molecule is C=CCN(C[C@@H]1CC(c2cccc(F)c2)=NO1)C(=O)NC(C)C. The first kappa shape index (κ1) is 17.0. The Kier molecular flexibility index (Phi) is 5.73. The van der Waals surface area contributed by atoms with Crippen molar-refractivity contribution in [2.75, 3.05) is 13.1 Å². The normalized spacial score (nSPS) is 16.7. The van der Waals surface area contributed by atoms with Crippen LogP contribution in [0.1, 0.15) is 25.8 Å². The van der Waals surface area contributed by atoms with Crippen molar-refractivity contribution in [3.8, 4) is 0 Å². The third-order valence-electron chi connectivity index (χ3n) is 3.36. The van der Waals surface area contributed by atoms with Crippen LogP contribution in [0.15, 0.2) is 42.1 Å². The Morgan fingerprint density at radius 1 is 1.61 bits per heavy atom. The standard InChI is InChI=1S/C17H22FN3O2/c1-4-8-21(17(22)19-12(2)3)11-15-10-16(20-23-15)13-6-5-7-14(18)9-13/h4-7,9,12,15H,1,8,10-11H2,2-3H3,(H,19,22)/t15-/m0/s1. The number of halogens is 1. The molecule has 23 heavy (non-hydrogen) atoms. The lowest BCUT2D eigenvalue weighted by Gasteiger charge is -2.24. The second-order valence-electron chi connectivity index (χ2n) is 5.78. The smallest absolute Gasteiger partial charge is 0.318 e.